The number of ketones is 1. The van der Waals surface area contributed by atoms with Crippen molar-refractivity contribution in [3.8, 4) is 0 Å². The molecular formula is C20H27NO2S. The van der Waals surface area contributed by atoms with Gasteiger partial charge >= 0.3 is 0 Å². The van der Waals surface area contributed by atoms with Crippen LogP contribution in [-0.2, 0) is 10.5 Å². The molecule has 3 nitrogen and oxygen atoms in total. The van der Waals surface area contributed by atoms with Gasteiger partial charge in [-0.25, -0.2) is 0 Å². The molecule has 1 unspecified atom stereocenters. The first-order valence-electron chi connectivity index (χ1n) is 8.28. The Kier molecular flexibility index (Phi) is 6.69. The van der Waals surface area contributed by atoms with Crippen LogP contribution in [0.15, 0.2) is 30.3 Å². The van der Waals surface area contributed by atoms with Crippen LogP contribution < -0.4 is 0 Å². The van der Waals surface area contributed by atoms with Crippen LogP contribution in [0.1, 0.15) is 45.8 Å². The van der Waals surface area contributed by atoms with Crippen LogP contribution in [0.5, 0.6) is 0 Å². The number of aryl methyl sites for hydroxylation is 2. The average molecular weight is 346 g/mol. The summed E-state index contributed by atoms with van der Waals surface area (Å²) in [6.45, 7) is 8.95. The number of rotatable bonds is 8. The van der Waals surface area contributed by atoms with Crippen LogP contribution in [-0.4, -0.2) is 29.8 Å². The standard InChI is InChI=1S/C20H27NO2S/c1-14-8-6-7-9-18(14)12-24-13-20(22)19-10-15(2)21(17(19)4)16(3)11-23-5/h6-10,16H,11-13H2,1-5H3. The molecule has 24 heavy (non-hydrogen) atoms. The van der Waals surface area contributed by atoms with Crippen LogP contribution in [0.25, 0.3) is 0 Å². The topological polar surface area (TPSA) is 31.2 Å². The van der Waals surface area contributed by atoms with E-state index in [0.717, 1.165) is 22.7 Å². The van der Waals surface area contributed by atoms with E-state index in [1.54, 1.807) is 18.9 Å². The maximum atomic E-state index is 12.6. The lowest BCUT2D eigenvalue weighted by atomic mass is 10.1. The van der Waals surface area contributed by atoms with Gasteiger partial charge in [0.2, 0.25) is 0 Å². The van der Waals surface area contributed by atoms with Gasteiger partial charge in [0.1, 0.15) is 0 Å². The van der Waals surface area contributed by atoms with Crippen molar-refractivity contribution in [2.24, 2.45) is 0 Å². The lowest BCUT2D eigenvalue weighted by Crippen LogP contribution is -2.14. The quantitative estimate of drug-likeness (QED) is 0.648. The van der Waals surface area contributed by atoms with Crippen LogP contribution in [0.3, 0.4) is 0 Å². The number of aromatic nitrogens is 1. The Morgan fingerprint density at radius 1 is 1.25 bits per heavy atom. The minimum absolute atomic E-state index is 0.206. The van der Waals surface area contributed by atoms with E-state index in [1.807, 2.05) is 19.1 Å². The molecule has 4 heteroatoms. The van der Waals surface area contributed by atoms with E-state index < -0.39 is 0 Å². The highest BCUT2D eigenvalue weighted by Crippen LogP contribution is 2.23. The van der Waals surface area contributed by atoms with E-state index in [4.69, 9.17) is 4.74 Å². The minimum Gasteiger partial charge on any atom is -0.383 e. The number of hydrogen-bond acceptors (Lipinski definition) is 3. The lowest BCUT2D eigenvalue weighted by molar-refractivity contribution is 0.102. The van der Waals surface area contributed by atoms with Gasteiger partial charge in [-0.2, -0.15) is 0 Å². The van der Waals surface area contributed by atoms with Crippen LogP contribution in [0, 0.1) is 20.8 Å². The first-order chi connectivity index (χ1) is 11.5. The molecule has 0 aliphatic rings. The van der Waals surface area contributed by atoms with Crippen molar-refractivity contribution >= 4 is 17.5 Å². The summed E-state index contributed by atoms with van der Waals surface area (Å²) in [6, 6.07) is 10.6. The number of methoxy groups -OCH3 is 1. The number of nitrogens with zero attached hydrogens (tertiary/aromatic N) is 1. The summed E-state index contributed by atoms with van der Waals surface area (Å²) >= 11 is 1.68. The second-order valence-corrected chi connectivity index (χ2v) is 7.29. The van der Waals surface area contributed by atoms with Crippen LogP contribution >= 0.6 is 11.8 Å². The molecule has 1 atom stereocenters. The Labute approximate surface area is 149 Å². The third-order valence-corrected chi connectivity index (χ3v) is 5.37. The van der Waals surface area contributed by atoms with Gasteiger partial charge in [0.05, 0.1) is 18.4 Å². The van der Waals surface area contributed by atoms with Crippen molar-refractivity contribution in [2.45, 2.75) is 39.5 Å². The number of benzene rings is 1. The van der Waals surface area contributed by atoms with Crippen molar-refractivity contribution in [3.05, 3.63) is 58.4 Å². The first-order valence-corrected chi connectivity index (χ1v) is 9.44. The molecule has 0 saturated heterocycles. The van der Waals surface area contributed by atoms with Gasteiger partial charge in [-0.15, -0.1) is 11.8 Å². The van der Waals surface area contributed by atoms with Gasteiger partial charge in [-0.1, -0.05) is 24.3 Å². The molecule has 1 aromatic carbocycles. The van der Waals surface area contributed by atoms with E-state index in [-0.39, 0.29) is 11.8 Å². The third kappa shape index (κ3) is 4.31. The Morgan fingerprint density at radius 2 is 1.96 bits per heavy atom. The second kappa shape index (κ2) is 8.54. The number of thioether (sulfide) groups is 1. The summed E-state index contributed by atoms with van der Waals surface area (Å²) in [4.78, 5) is 12.6. The average Bonchev–Trinajstić information content (AvgIpc) is 2.84. The molecule has 0 N–H and O–H groups in total. The SMILES string of the molecule is COCC(C)n1c(C)cc(C(=O)CSCc2ccccc2C)c1C. The first kappa shape index (κ1) is 18.8. The summed E-state index contributed by atoms with van der Waals surface area (Å²) in [5, 5.41) is 0. The predicted octanol–water partition coefficient (Wildman–Crippen LogP) is 4.74. The van der Waals surface area contributed by atoms with E-state index >= 15 is 0 Å². The van der Waals surface area contributed by atoms with Gasteiger partial charge in [0, 0.05) is 29.8 Å². The van der Waals surface area contributed by atoms with Crippen LogP contribution in [0.2, 0.25) is 0 Å². The molecule has 0 bridgehead atoms. The van der Waals surface area contributed by atoms with E-state index in [0.29, 0.717) is 12.4 Å². The molecule has 0 radical (unpaired) electrons. The van der Waals surface area contributed by atoms with Gasteiger partial charge in [-0.05, 0) is 44.9 Å². The van der Waals surface area contributed by atoms with Crippen molar-refractivity contribution in [1.82, 2.24) is 4.57 Å². The summed E-state index contributed by atoms with van der Waals surface area (Å²) in [7, 11) is 1.71. The number of ether oxygens (including phenoxy) is 1. The number of carbonyl (C=O) groups excluding carboxylic acids is 1. The molecule has 0 saturated carbocycles. The molecule has 1 aromatic heterocycles. The highest BCUT2D eigenvalue weighted by molar-refractivity contribution is 7.99. The molecular weight excluding hydrogens is 318 g/mol. The van der Waals surface area contributed by atoms with E-state index in [1.165, 1.54) is 11.1 Å². The second-order valence-electron chi connectivity index (χ2n) is 6.30. The lowest BCUT2D eigenvalue weighted by Gasteiger charge is -2.17. The van der Waals surface area contributed by atoms with E-state index in [9.17, 15) is 4.79 Å². The maximum Gasteiger partial charge on any atom is 0.174 e. The molecule has 0 amide bonds. The molecule has 0 aliphatic carbocycles. The maximum absolute atomic E-state index is 12.6. The fourth-order valence-electron chi connectivity index (χ4n) is 3.16. The van der Waals surface area contributed by atoms with Crippen molar-refractivity contribution in [1.29, 1.82) is 0 Å². The third-order valence-electron chi connectivity index (χ3n) is 4.39. The Balaban J connectivity index is 2.03. The summed E-state index contributed by atoms with van der Waals surface area (Å²) in [5.41, 5.74) is 5.58. The molecule has 1 heterocycles. The fraction of sp³-hybridized carbons (Fsp3) is 0.450. The zero-order valence-electron chi connectivity index (χ0n) is 15.3. The highest BCUT2D eigenvalue weighted by Gasteiger charge is 2.18. The molecule has 2 aromatic rings. The Morgan fingerprint density at radius 3 is 2.62 bits per heavy atom. The van der Waals surface area contributed by atoms with Gasteiger partial charge in [0.25, 0.3) is 0 Å². The normalized spacial score (nSPS) is 12.4. The number of hydrogen-bond donors (Lipinski definition) is 0. The van der Waals surface area contributed by atoms with Gasteiger partial charge in [-0.3, -0.25) is 4.79 Å². The van der Waals surface area contributed by atoms with Gasteiger partial charge in [0.15, 0.2) is 5.78 Å². The van der Waals surface area contributed by atoms with E-state index in [2.05, 4.69) is 43.5 Å². The molecule has 2 rings (SSSR count). The fourth-order valence-corrected chi connectivity index (χ4v) is 4.14. The summed E-state index contributed by atoms with van der Waals surface area (Å²) in [6.07, 6.45) is 0. The van der Waals surface area contributed by atoms with Crippen molar-refractivity contribution in [3.63, 3.8) is 0 Å². The van der Waals surface area contributed by atoms with Crippen molar-refractivity contribution < 1.29 is 9.53 Å². The highest BCUT2D eigenvalue weighted by atomic mass is 32.2. The molecule has 130 valence electrons. The minimum atomic E-state index is 0.206. The zero-order chi connectivity index (χ0) is 17.7. The number of carbonyl (C=O) groups is 1. The zero-order valence-corrected chi connectivity index (χ0v) is 16.1. The van der Waals surface area contributed by atoms with Crippen molar-refractivity contribution in [2.75, 3.05) is 19.5 Å². The van der Waals surface area contributed by atoms with Crippen LogP contribution in [0.4, 0.5) is 0 Å². The molecule has 0 aliphatic heterocycles. The Hall–Kier alpha value is -1.52. The monoisotopic (exact) mass is 345 g/mol. The summed E-state index contributed by atoms with van der Waals surface area (Å²) in [5.74, 6) is 1.59. The predicted molar refractivity (Wildman–Crippen MR) is 102 cm³/mol. The Bertz CT molecular complexity index is 706. The summed E-state index contributed by atoms with van der Waals surface area (Å²) < 4.78 is 7.45. The molecule has 0 spiro atoms. The molecule has 0 fully saturated rings. The largest absolute Gasteiger partial charge is 0.383 e. The number of Topliss-reactive ketones (excluding diaryl/α,β-unsaturated/α-hetero) is 1. The van der Waals surface area contributed by atoms with Gasteiger partial charge < -0.3 is 9.30 Å². The smallest absolute Gasteiger partial charge is 0.174 e.